The summed E-state index contributed by atoms with van der Waals surface area (Å²) in [5.74, 6) is 0. The smallest absolute Gasteiger partial charge is 0.315 e. The maximum Gasteiger partial charge on any atom is 0.315 e. The van der Waals surface area contributed by atoms with Crippen LogP contribution in [-0.4, -0.2) is 37.1 Å². The van der Waals surface area contributed by atoms with Gasteiger partial charge in [0.25, 0.3) is 0 Å². The topological polar surface area (TPSA) is 44.4 Å². The first kappa shape index (κ1) is 18.7. The van der Waals surface area contributed by atoms with E-state index in [0.717, 1.165) is 48.5 Å². The van der Waals surface area contributed by atoms with E-state index in [2.05, 4.69) is 34.7 Å². The van der Waals surface area contributed by atoms with Gasteiger partial charge in [0.15, 0.2) is 0 Å². The molecule has 0 spiro atoms. The molecule has 5 heteroatoms. The fourth-order valence-electron chi connectivity index (χ4n) is 3.46. The highest BCUT2D eigenvalue weighted by atomic mass is 35.5. The predicted octanol–water partition coefficient (Wildman–Crippen LogP) is 4.02. The van der Waals surface area contributed by atoms with Gasteiger partial charge >= 0.3 is 6.03 Å². The molecule has 0 unspecified atom stereocenters. The van der Waals surface area contributed by atoms with Crippen molar-refractivity contribution in [2.45, 2.75) is 31.3 Å². The molecule has 2 aromatic carbocycles. The lowest BCUT2D eigenvalue weighted by atomic mass is 9.99. The summed E-state index contributed by atoms with van der Waals surface area (Å²) in [6.45, 7) is 2.00. The molecule has 1 aliphatic rings. The maximum absolute atomic E-state index is 12.6. The van der Waals surface area contributed by atoms with E-state index in [1.54, 1.807) is 0 Å². The predicted molar refractivity (Wildman–Crippen MR) is 107 cm³/mol. The molecule has 3 rings (SSSR count). The van der Waals surface area contributed by atoms with Crippen LogP contribution in [0.25, 0.3) is 0 Å². The number of likely N-dealkylation sites (N-methyl/N-ethyl adjacent to an activating group) is 1. The number of urea groups is 1. The Morgan fingerprint density at radius 3 is 2.62 bits per heavy atom. The zero-order valence-electron chi connectivity index (χ0n) is 15.1. The maximum atomic E-state index is 12.6. The number of benzene rings is 2. The minimum absolute atomic E-state index is 0.0845. The average molecular weight is 372 g/mol. The van der Waals surface area contributed by atoms with Crippen molar-refractivity contribution in [3.63, 3.8) is 0 Å². The van der Waals surface area contributed by atoms with Gasteiger partial charge in [0.1, 0.15) is 0 Å². The Kier molecular flexibility index (Phi) is 6.53. The molecule has 0 saturated carbocycles. The molecular weight excluding hydrogens is 346 g/mol. The van der Waals surface area contributed by atoms with Gasteiger partial charge in [-0.25, -0.2) is 4.79 Å². The van der Waals surface area contributed by atoms with Gasteiger partial charge in [-0.15, -0.1) is 0 Å². The van der Waals surface area contributed by atoms with Crippen molar-refractivity contribution in [3.05, 3.63) is 70.7 Å². The molecule has 2 aromatic rings. The van der Waals surface area contributed by atoms with Gasteiger partial charge in [0.05, 0.1) is 6.04 Å². The number of hydrogen-bond acceptors (Lipinski definition) is 2. The number of piperidine rings is 1. The largest absolute Gasteiger partial charge is 0.334 e. The van der Waals surface area contributed by atoms with Crippen LogP contribution in [0.4, 0.5) is 4.79 Å². The zero-order valence-corrected chi connectivity index (χ0v) is 15.9. The van der Waals surface area contributed by atoms with Crippen LogP contribution >= 0.6 is 11.6 Å². The number of rotatable bonds is 5. The van der Waals surface area contributed by atoms with Crippen LogP contribution in [0.3, 0.4) is 0 Å². The number of amides is 2. The van der Waals surface area contributed by atoms with E-state index in [0.29, 0.717) is 0 Å². The van der Waals surface area contributed by atoms with Crippen LogP contribution < -0.4 is 10.6 Å². The van der Waals surface area contributed by atoms with E-state index in [1.807, 2.05) is 42.5 Å². The van der Waals surface area contributed by atoms with Crippen molar-refractivity contribution in [2.75, 3.05) is 20.1 Å². The molecule has 0 bridgehead atoms. The van der Waals surface area contributed by atoms with Crippen molar-refractivity contribution in [3.8, 4) is 0 Å². The first-order valence-corrected chi connectivity index (χ1v) is 9.53. The second-order valence-corrected chi connectivity index (χ2v) is 7.45. The Morgan fingerprint density at radius 2 is 1.92 bits per heavy atom. The van der Waals surface area contributed by atoms with Crippen molar-refractivity contribution in [1.82, 2.24) is 15.5 Å². The van der Waals surface area contributed by atoms with E-state index in [-0.39, 0.29) is 18.1 Å². The molecule has 1 aliphatic heterocycles. The molecular formula is C21H26ClN3O. The Labute approximate surface area is 160 Å². The summed E-state index contributed by atoms with van der Waals surface area (Å²) in [4.78, 5) is 14.8. The van der Waals surface area contributed by atoms with Gasteiger partial charge in [-0.05, 0) is 56.1 Å². The van der Waals surface area contributed by atoms with Gasteiger partial charge in [0.2, 0.25) is 0 Å². The third kappa shape index (κ3) is 5.48. The van der Waals surface area contributed by atoms with Gasteiger partial charge in [-0.2, -0.15) is 0 Å². The number of hydrogen-bond donors (Lipinski definition) is 2. The van der Waals surface area contributed by atoms with Crippen LogP contribution in [0.1, 0.15) is 30.0 Å². The summed E-state index contributed by atoms with van der Waals surface area (Å²) in [6, 6.07) is 17.9. The Balaban J connectivity index is 1.67. The molecule has 138 valence electrons. The highest BCUT2D eigenvalue weighted by molar-refractivity contribution is 6.30. The lowest BCUT2D eigenvalue weighted by Crippen LogP contribution is -2.50. The van der Waals surface area contributed by atoms with Crippen molar-refractivity contribution < 1.29 is 4.79 Å². The number of halogens is 1. The summed E-state index contributed by atoms with van der Waals surface area (Å²) in [5.41, 5.74) is 2.24. The highest BCUT2D eigenvalue weighted by Crippen LogP contribution is 2.20. The monoisotopic (exact) mass is 371 g/mol. The number of carbonyl (C=O) groups is 1. The number of carbonyl (C=O) groups excluding carboxylic acids is 1. The third-order valence-corrected chi connectivity index (χ3v) is 5.07. The van der Waals surface area contributed by atoms with E-state index < -0.39 is 0 Å². The van der Waals surface area contributed by atoms with Gasteiger partial charge in [0, 0.05) is 17.6 Å². The van der Waals surface area contributed by atoms with Crippen molar-refractivity contribution in [1.29, 1.82) is 0 Å². The molecule has 26 heavy (non-hydrogen) atoms. The summed E-state index contributed by atoms with van der Waals surface area (Å²) in [7, 11) is 2.10. The average Bonchev–Trinajstić information content (AvgIpc) is 2.64. The SMILES string of the molecule is CN1CCC[C@H](NC(=O)N[C@@H](Cc2ccc(Cl)cc2)c2ccccc2)C1. The summed E-state index contributed by atoms with van der Waals surface area (Å²) in [6.07, 6.45) is 2.87. The molecule has 0 radical (unpaired) electrons. The summed E-state index contributed by atoms with van der Waals surface area (Å²) in [5, 5.41) is 7.01. The first-order chi connectivity index (χ1) is 12.6. The molecule has 0 aromatic heterocycles. The van der Waals surface area contributed by atoms with Crippen LogP contribution in [0, 0.1) is 0 Å². The second-order valence-electron chi connectivity index (χ2n) is 7.01. The Hall–Kier alpha value is -2.04. The van der Waals surface area contributed by atoms with Crippen LogP contribution in [-0.2, 0) is 6.42 Å². The third-order valence-electron chi connectivity index (χ3n) is 4.82. The van der Waals surface area contributed by atoms with Crippen LogP contribution in [0.5, 0.6) is 0 Å². The van der Waals surface area contributed by atoms with Crippen LogP contribution in [0.15, 0.2) is 54.6 Å². The molecule has 1 saturated heterocycles. The normalized spacial score (nSPS) is 18.9. The fraction of sp³-hybridized carbons (Fsp3) is 0.381. The Bertz CT molecular complexity index is 705. The first-order valence-electron chi connectivity index (χ1n) is 9.15. The second kappa shape index (κ2) is 9.06. The van der Waals surface area contributed by atoms with E-state index >= 15 is 0 Å². The number of likely N-dealkylation sites (tertiary alicyclic amines) is 1. The van der Waals surface area contributed by atoms with Gasteiger partial charge in [-0.1, -0.05) is 54.1 Å². The quantitative estimate of drug-likeness (QED) is 0.833. The lowest BCUT2D eigenvalue weighted by Gasteiger charge is -2.31. The molecule has 1 fully saturated rings. The number of nitrogens with zero attached hydrogens (tertiary/aromatic N) is 1. The van der Waals surface area contributed by atoms with Crippen molar-refractivity contribution in [2.24, 2.45) is 0 Å². The molecule has 0 aliphatic carbocycles. The minimum Gasteiger partial charge on any atom is -0.334 e. The molecule has 4 nitrogen and oxygen atoms in total. The summed E-state index contributed by atoms with van der Waals surface area (Å²) < 4.78 is 0. The lowest BCUT2D eigenvalue weighted by molar-refractivity contribution is 0.207. The van der Waals surface area contributed by atoms with Gasteiger partial charge < -0.3 is 15.5 Å². The van der Waals surface area contributed by atoms with Gasteiger partial charge in [-0.3, -0.25) is 0 Å². The number of nitrogens with one attached hydrogen (secondary N) is 2. The highest BCUT2D eigenvalue weighted by Gasteiger charge is 2.21. The summed E-state index contributed by atoms with van der Waals surface area (Å²) >= 11 is 5.99. The zero-order chi connectivity index (χ0) is 18.4. The van der Waals surface area contributed by atoms with Crippen LogP contribution in [0.2, 0.25) is 5.02 Å². The fourth-order valence-corrected chi connectivity index (χ4v) is 3.59. The van der Waals surface area contributed by atoms with Crippen molar-refractivity contribution >= 4 is 17.6 Å². The van der Waals surface area contributed by atoms with E-state index in [9.17, 15) is 4.79 Å². The molecule has 1 heterocycles. The van der Waals surface area contributed by atoms with E-state index in [1.165, 1.54) is 0 Å². The minimum atomic E-state index is -0.104. The Morgan fingerprint density at radius 1 is 1.19 bits per heavy atom. The van der Waals surface area contributed by atoms with E-state index in [4.69, 9.17) is 11.6 Å². The molecule has 2 N–H and O–H groups in total. The molecule has 2 amide bonds. The molecule has 2 atom stereocenters. The standard InChI is InChI=1S/C21H26ClN3O/c1-25-13-5-8-19(15-25)23-21(26)24-20(17-6-3-2-4-7-17)14-16-9-11-18(22)12-10-16/h2-4,6-7,9-12,19-20H,5,8,13-15H2,1H3,(H2,23,24,26)/t19-,20-/m0/s1.